The number of benzene rings is 3. The molecule has 0 spiro atoms. The number of hydrogen-bond donors (Lipinski definition) is 3. The summed E-state index contributed by atoms with van der Waals surface area (Å²) in [7, 11) is 1.55. The quantitative estimate of drug-likeness (QED) is 0.492. The molecule has 0 saturated carbocycles. The van der Waals surface area contributed by atoms with Crippen molar-refractivity contribution in [2.75, 3.05) is 24.3 Å². The van der Waals surface area contributed by atoms with Gasteiger partial charge in [0.05, 0.1) is 30.6 Å². The van der Waals surface area contributed by atoms with Gasteiger partial charge in [0, 0.05) is 5.69 Å². The predicted molar refractivity (Wildman–Crippen MR) is 110 cm³/mol. The van der Waals surface area contributed by atoms with E-state index in [-0.39, 0.29) is 5.56 Å². The Labute approximate surface area is 176 Å². The molecule has 160 valence electrons. The predicted octanol–water partition coefficient (Wildman–Crippen LogP) is 4.22. The van der Waals surface area contributed by atoms with E-state index in [0.717, 1.165) is 6.07 Å². The summed E-state index contributed by atoms with van der Waals surface area (Å²) in [5.41, 5.74) is 0.953. The second-order valence-corrected chi connectivity index (χ2v) is 6.35. The van der Waals surface area contributed by atoms with Crippen LogP contribution in [0.5, 0.6) is 5.75 Å². The van der Waals surface area contributed by atoms with Crippen molar-refractivity contribution in [1.29, 1.82) is 0 Å². The Hall–Kier alpha value is -4.01. The van der Waals surface area contributed by atoms with Crippen LogP contribution in [0.25, 0.3) is 0 Å². The third kappa shape index (κ3) is 5.33. The molecule has 0 fully saturated rings. The fourth-order valence-electron chi connectivity index (χ4n) is 2.69. The number of carbonyl (C=O) groups is 2. The molecule has 6 nitrogen and oxygen atoms in total. The second kappa shape index (κ2) is 9.66. The number of amides is 2. The van der Waals surface area contributed by atoms with E-state index in [4.69, 9.17) is 4.74 Å². The molecule has 0 heterocycles. The van der Waals surface area contributed by atoms with Crippen molar-refractivity contribution in [2.45, 2.75) is 0 Å². The maximum atomic E-state index is 13.7. The molecule has 0 aliphatic heterocycles. The zero-order valence-corrected chi connectivity index (χ0v) is 16.3. The summed E-state index contributed by atoms with van der Waals surface area (Å²) in [6, 6.07) is 15.3. The molecular weight excluding hydrogens is 411 g/mol. The van der Waals surface area contributed by atoms with Gasteiger partial charge in [0.25, 0.3) is 5.91 Å². The lowest BCUT2D eigenvalue weighted by molar-refractivity contribution is -0.115. The van der Waals surface area contributed by atoms with E-state index in [1.807, 2.05) is 0 Å². The molecular formula is C22H18F3N3O3. The number of hydrogen-bond acceptors (Lipinski definition) is 4. The normalized spacial score (nSPS) is 10.3. The summed E-state index contributed by atoms with van der Waals surface area (Å²) in [4.78, 5) is 24.5. The molecule has 0 aliphatic rings. The van der Waals surface area contributed by atoms with Crippen molar-refractivity contribution < 1.29 is 27.5 Å². The topological polar surface area (TPSA) is 79.5 Å². The number of rotatable bonds is 7. The lowest BCUT2D eigenvalue weighted by Gasteiger charge is -2.13. The van der Waals surface area contributed by atoms with Gasteiger partial charge in [0.2, 0.25) is 5.91 Å². The molecule has 9 heteroatoms. The van der Waals surface area contributed by atoms with Crippen molar-refractivity contribution in [3.8, 4) is 5.75 Å². The number of anilines is 3. The van der Waals surface area contributed by atoms with Crippen LogP contribution in [0.3, 0.4) is 0 Å². The molecule has 0 bridgehead atoms. The number of para-hydroxylation sites is 1. The van der Waals surface area contributed by atoms with Gasteiger partial charge in [-0.3, -0.25) is 9.59 Å². The minimum atomic E-state index is -1.69. The number of halogens is 3. The molecule has 2 amide bonds. The Morgan fingerprint density at radius 1 is 0.871 bits per heavy atom. The van der Waals surface area contributed by atoms with Gasteiger partial charge in [-0.2, -0.15) is 0 Å². The minimum absolute atomic E-state index is 0.269. The number of nitrogens with one attached hydrogen (secondary N) is 3. The first-order chi connectivity index (χ1) is 14.9. The van der Waals surface area contributed by atoms with Crippen LogP contribution in [0.15, 0.2) is 60.7 Å². The van der Waals surface area contributed by atoms with E-state index in [0.29, 0.717) is 23.2 Å². The Kier molecular flexibility index (Phi) is 6.76. The van der Waals surface area contributed by atoms with Crippen LogP contribution in [0, 0.1) is 17.5 Å². The molecule has 3 aromatic carbocycles. The maximum absolute atomic E-state index is 13.7. The summed E-state index contributed by atoms with van der Waals surface area (Å²) in [6.07, 6.45) is 0. The Morgan fingerprint density at radius 2 is 1.58 bits per heavy atom. The highest BCUT2D eigenvalue weighted by molar-refractivity contribution is 6.03. The van der Waals surface area contributed by atoms with Crippen molar-refractivity contribution in [3.05, 3.63) is 83.7 Å². The SMILES string of the molecule is COc1ccc(Nc2ccccc2C(=O)NCC(=O)Nc2ccc(F)c(F)c2F)cc1. The summed E-state index contributed by atoms with van der Waals surface area (Å²) < 4.78 is 45.0. The highest BCUT2D eigenvalue weighted by Gasteiger charge is 2.16. The van der Waals surface area contributed by atoms with Crippen molar-refractivity contribution in [1.82, 2.24) is 5.32 Å². The monoisotopic (exact) mass is 429 g/mol. The highest BCUT2D eigenvalue weighted by atomic mass is 19.2. The second-order valence-electron chi connectivity index (χ2n) is 6.35. The highest BCUT2D eigenvalue weighted by Crippen LogP contribution is 2.23. The largest absolute Gasteiger partial charge is 0.497 e. The molecule has 3 N–H and O–H groups in total. The van der Waals surface area contributed by atoms with E-state index in [1.165, 1.54) is 0 Å². The van der Waals surface area contributed by atoms with Gasteiger partial charge < -0.3 is 20.7 Å². The lowest BCUT2D eigenvalue weighted by Crippen LogP contribution is -2.33. The number of carbonyl (C=O) groups excluding carboxylic acids is 2. The van der Waals surface area contributed by atoms with E-state index in [9.17, 15) is 22.8 Å². The van der Waals surface area contributed by atoms with Gasteiger partial charge in [-0.1, -0.05) is 12.1 Å². The van der Waals surface area contributed by atoms with Crippen LogP contribution < -0.4 is 20.7 Å². The van der Waals surface area contributed by atoms with E-state index >= 15 is 0 Å². The Balaban J connectivity index is 1.64. The summed E-state index contributed by atoms with van der Waals surface area (Å²) in [5, 5.41) is 7.60. The van der Waals surface area contributed by atoms with Gasteiger partial charge in [-0.15, -0.1) is 0 Å². The van der Waals surface area contributed by atoms with E-state index in [1.54, 1.807) is 55.6 Å². The van der Waals surface area contributed by atoms with Crippen LogP contribution in [0.2, 0.25) is 0 Å². The first kappa shape index (κ1) is 21.7. The van der Waals surface area contributed by atoms with Crippen molar-refractivity contribution in [2.24, 2.45) is 0 Å². The molecule has 0 unspecified atom stereocenters. The average molecular weight is 429 g/mol. The molecule has 0 aromatic heterocycles. The van der Waals surface area contributed by atoms with Crippen LogP contribution in [0.1, 0.15) is 10.4 Å². The standard InChI is InChI=1S/C22H18F3N3O3/c1-31-14-8-6-13(7-9-14)27-17-5-3-2-4-15(17)22(30)26-12-19(29)28-18-11-10-16(23)20(24)21(18)25/h2-11,27H,12H2,1H3,(H,26,30)(H,28,29). The number of methoxy groups -OCH3 is 1. The molecule has 0 atom stereocenters. The first-order valence-corrected chi connectivity index (χ1v) is 9.10. The summed E-state index contributed by atoms with van der Waals surface area (Å²) in [6.45, 7) is -0.506. The van der Waals surface area contributed by atoms with Crippen LogP contribution in [-0.2, 0) is 4.79 Å². The smallest absolute Gasteiger partial charge is 0.253 e. The van der Waals surface area contributed by atoms with Gasteiger partial charge in [-0.25, -0.2) is 13.2 Å². The fraction of sp³-hybridized carbons (Fsp3) is 0.0909. The van der Waals surface area contributed by atoms with Gasteiger partial charge in [0.15, 0.2) is 17.5 Å². The Morgan fingerprint density at radius 3 is 2.29 bits per heavy atom. The van der Waals surface area contributed by atoms with Crippen LogP contribution in [-0.4, -0.2) is 25.5 Å². The van der Waals surface area contributed by atoms with Crippen molar-refractivity contribution >= 4 is 28.9 Å². The molecule has 3 aromatic rings. The van der Waals surface area contributed by atoms with Crippen LogP contribution in [0.4, 0.5) is 30.2 Å². The van der Waals surface area contributed by atoms with Gasteiger partial charge in [-0.05, 0) is 48.5 Å². The summed E-state index contributed by atoms with van der Waals surface area (Å²) in [5.74, 6) is -5.27. The summed E-state index contributed by atoms with van der Waals surface area (Å²) >= 11 is 0. The van der Waals surface area contributed by atoms with Crippen LogP contribution >= 0.6 is 0 Å². The minimum Gasteiger partial charge on any atom is -0.497 e. The first-order valence-electron chi connectivity index (χ1n) is 9.10. The fourth-order valence-corrected chi connectivity index (χ4v) is 2.69. The molecule has 0 aliphatic carbocycles. The zero-order valence-electron chi connectivity index (χ0n) is 16.3. The maximum Gasteiger partial charge on any atom is 0.253 e. The van der Waals surface area contributed by atoms with E-state index in [2.05, 4.69) is 16.0 Å². The molecule has 3 rings (SSSR count). The van der Waals surface area contributed by atoms with Gasteiger partial charge >= 0.3 is 0 Å². The van der Waals surface area contributed by atoms with Crippen molar-refractivity contribution in [3.63, 3.8) is 0 Å². The molecule has 0 saturated heterocycles. The third-order valence-electron chi connectivity index (χ3n) is 4.26. The zero-order chi connectivity index (χ0) is 22.4. The Bertz CT molecular complexity index is 1100. The van der Waals surface area contributed by atoms with Gasteiger partial charge in [0.1, 0.15) is 5.75 Å². The van der Waals surface area contributed by atoms with E-state index < -0.39 is 41.5 Å². The molecule has 0 radical (unpaired) electrons. The lowest BCUT2D eigenvalue weighted by atomic mass is 10.1. The number of ether oxygens (including phenoxy) is 1. The average Bonchev–Trinajstić information content (AvgIpc) is 2.79. The third-order valence-corrected chi connectivity index (χ3v) is 4.26. The molecule has 31 heavy (non-hydrogen) atoms.